The molecule has 0 radical (unpaired) electrons. The van der Waals surface area contributed by atoms with E-state index in [1.807, 2.05) is 12.1 Å². The number of fused-ring (bicyclic) bond motifs is 2. The fraction of sp³-hybridized carbons (Fsp3) is 0.250. The van der Waals surface area contributed by atoms with Crippen molar-refractivity contribution in [2.45, 2.75) is 38.5 Å². The summed E-state index contributed by atoms with van der Waals surface area (Å²) >= 11 is 0. The van der Waals surface area contributed by atoms with E-state index < -0.39 is 46.5 Å². The van der Waals surface area contributed by atoms with Gasteiger partial charge in [-0.1, -0.05) is 88.4 Å². The molecule has 5 aromatic carbocycles. The monoisotopic (exact) mass is 540 g/mol. The molecule has 0 saturated heterocycles. The van der Waals surface area contributed by atoms with Gasteiger partial charge in [-0.15, -0.1) is 0 Å². The highest BCUT2D eigenvalue weighted by Gasteiger charge is 2.53. The first-order valence-corrected chi connectivity index (χ1v) is 12.9. The molecule has 0 saturated carbocycles. The fourth-order valence-electron chi connectivity index (χ4n) is 6.65. The standard InChI is InChI=1S/C32H28O8/c1-15(2)31(27(33)34,28(35)36)23-13-11-19-18-8-6-10-22-24(32(16(3)4,29(37)38)30(39)40)14-12-20(26(18)22)17-7-5-9-21(23)25(17)19/h5-16H,1-4H3,(H,33,34)(H,35,36)(H,37,38)(H,39,40). The van der Waals surface area contributed by atoms with Crippen LogP contribution in [0.2, 0.25) is 0 Å². The number of carboxylic acid groups (broad SMARTS) is 4. The summed E-state index contributed by atoms with van der Waals surface area (Å²) in [6.07, 6.45) is 0. The third kappa shape index (κ3) is 3.13. The van der Waals surface area contributed by atoms with Gasteiger partial charge in [-0.05, 0) is 66.1 Å². The molecule has 8 nitrogen and oxygen atoms in total. The Morgan fingerprint density at radius 1 is 0.475 bits per heavy atom. The first-order chi connectivity index (χ1) is 18.8. The van der Waals surface area contributed by atoms with Gasteiger partial charge in [0, 0.05) is 0 Å². The van der Waals surface area contributed by atoms with E-state index in [4.69, 9.17) is 0 Å². The summed E-state index contributed by atoms with van der Waals surface area (Å²) in [7, 11) is 0. The Labute approximate surface area is 228 Å². The highest BCUT2D eigenvalue weighted by molar-refractivity contribution is 6.34. The van der Waals surface area contributed by atoms with Crippen molar-refractivity contribution in [3.05, 3.63) is 71.8 Å². The van der Waals surface area contributed by atoms with E-state index in [1.54, 1.807) is 76.2 Å². The van der Waals surface area contributed by atoms with Crippen LogP contribution in [0, 0.1) is 11.8 Å². The van der Waals surface area contributed by atoms with Gasteiger partial charge in [-0.25, -0.2) is 0 Å². The van der Waals surface area contributed by atoms with Gasteiger partial charge in [-0.2, -0.15) is 0 Å². The lowest BCUT2D eigenvalue weighted by atomic mass is 9.68. The molecule has 0 aliphatic carbocycles. The van der Waals surface area contributed by atoms with Gasteiger partial charge in [-0.3, -0.25) is 19.2 Å². The second kappa shape index (κ2) is 8.91. The molecule has 0 fully saturated rings. The van der Waals surface area contributed by atoms with Gasteiger partial charge in [0.1, 0.15) is 0 Å². The van der Waals surface area contributed by atoms with Crippen LogP contribution < -0.4 is 0 Å². The normalized spacial score (nSPS) is 12.8. The van der Waals surface area contributed by atoms with Crippen molar-refractivity contribution in [3.8, 4) is 0 Å². The first-order valence-electron chi connectivity index (χ1n) is 12.9. The molecule has 0 amide bonds. The maximum absolute atomic E-state index is 12.6. The van der Waals surface area contributed by atoms with Crippen LogP contribution in [0.5, 0.6) is 0 Å². The van der Waals surface area contributed by atoms with Crippen LogP contribution in [-0.4, -0.2) is 44.3 Å². The molecule has 0 bridgehead atoms. The molecule has 204 valence electrons. The zero-order valence-electron chi connectivity index (χ0n) is 22.4. The van der Waals surface area contributed by atoms with E-state index in [1.165, 1.54) is 0 Å². The lowest BCUT2D eigenvalue weighted by Crippen LogP contribution is -2.48. The Hall–Kier alpha value is -4.72. The van der Waals surface area contributed by atoms with Crippen LogP contribution in [0.4, 0.5) is 0 Å². The Morgan fingerprint density at radius 2 is 0.750 bits per heavy atom. The van der Waals surface area contributed by atoms with E-state index in [0.717, 1.165) is 21.5 Å². The highest BCUT2D eigenvalue weighted by Crippen LogP contribution is 2.47. The Balaban J connectivity index is 2.01. The van der Waals surface area contributed by atoms with Crippen molar-refractivity contribution in [2.75, 3.05) is 0 Å². The lowest BCUT2D eigenvalue weighted by molar-refractivity contribution is -0.162. The van der Waals surface area contributed by atoms with Crippen molar-refractivity contribution in [1.82, 2.24) is 0 Å². The summed E-state index contributed by atoms with van der Waals surface area (Å²) in [5.41, 5.74) is -4.03. The molecule has 0 aliphatic rings. The number of carbonyl (C=O) groups is 4. The van der Waals surface area contributed by atoms with Crippen molar-refractivity contribution in [3.63, 3.8) is 0 Å². The van der Waals surface area contributed by atoms with Crippen LogP contribution in [0.15, 0.2) is 60.7 Å². The number of carboxylic acids is 4. The molecule has 0 aromatic heterocycles. The quantitative estimate of drug-likeness (QED) is 0.109. The minimum Gasteiger partial charge on any atom is -0.480 e. The SMILES string of the molecule is CC(C)C(C(=O)O)(C(=O)O)c1ccc2c3cccc4c(C(C(=O)O)(C(=O)O)C(C)C)ccc(c5cccc1c52)c43. The number of benzene rings is 5. The summed E-state index contributed by atoms with van der Waals surface area (Å²) in [5.74, 6) is -7.34. The summed E-state index contributed by atoms with van der Waals surface area (Å²) < 4.78 is 0. The van der Waals surface area contributed by atoms with Gasteiger partial charge in [0.2, 0.25) is 0 Å². The molecule has 5 rings (SSSR count). The van der Waals surface area contributed by atoms with E-state index >= 15 is 0 Å². The maximum Gasteiger partial charge on any atom is 0.325 e. The van der Waals surface area contributed by atoms with Gasteiger partial charge in [0.15, 0.2) is 10.8 Å². The topological polar surface area (TPSA) is 149 Å². The molecule has 5 aromatic rings. The van der Waals surface area contributed by atoms with Gasteiger partial charge in [0.05, 0.1) is 0 Å². The van der Waals surface area contributed by atoms with Crippen molar-refractivity contribution in [1.29, 1.82) is 0 Å². The fourth-order valence-corrected chi connectivity index (χ4v) is 6.65. The minimum absolute atomic E-state index is 0.172. The molecule has 0 heterocycles. The average molecular weight is 541 g/mol. The summed E-state index contributed by atoms with van der Waals surface area (Å²) in [6.45, 7) is 6.28. The van der Waals surface area contributed by atoms with E-state index in [9.17, 15) is 39.6 Å². The van der Waals surface area contributed by atoms with Crippen molar-refractivity contribution in [2.24, 2.45) is 11.8 Å². The molecule has 8 heteroatoms. The molecule has 40 heavy (non-hydrogen) atoms. The molecule has 0 aliphatic heterocycles. The smallest absolute Gasteiger partial charge is 0.325 e. The van der Waals surface area contributed by atoms with Crippen LogP contribution >= 0.6 is 0 Å². The van der Waals surface area contributed by atoms with E-state index in [2.05, 4.69) is 0 Å². The third-order valence-corrected chi connectivity index (χ3v) is 8.59. The second-order valence-electron chi connectivity index (χ2n) is 10.9. The summed E-state index contributed by atoms with van der Waals surface area (Å²) in [6, 6.07) is 17.1. The van der Waals surface area contributed by atoms with Gasteiger partial charge < -0.3 is 20.4 Å². The zero-order chi connectivity index (χ0) is 29.3. The zero-order valence-corrected chi connectivity index (χ0v) is 22.4. The minimum atomic E-state index is -2.19. The number of hydrogen-bond donors (Lipinski definition) is 4. The summed E-state index contributed by atoms with van der Waals surface area (Å²) in [5, 5.41) is 46.2. The molecular formula is C32H28O8. The third-order valence-electron chi connectivity index (χ3n) is 8.59. The largest absolute Gasteiger partial charge is 0.480 e. The van der Waals surface area contributed by atoms with Gasteiger partial charge in [0.25, 0.3) is 0 Å². The van der Waals surface area contributed by atoms with Crippen molar-refractivity contribution < 1.29 is 39.6 Å². The van der Waals surface area contributed by atoms with Gasteiger partial charge >= 0.3 is 23.9 Å². The molecule has 4 N–H and O–H groups in total. The molecule has 0 atom stereocenters. The first kappa shape index (κ1) is 26.9. The Morgan fingerprint density at radius 3 is 1.02 bits per heavy atom. The predicted octanol–water partition coefficient (Wildman–Crippen LogP) is 5.86. The number of rotatable bonds is 8. The average Bonchev–Trinajstić information content (AvgIpc) is 2.87. The van der Waals surface area contributed by atoms with Crippen molar-refractivity contribution >= 4 is 67.0 Å². The molecule has 0 unspecified atom stereocenters. The highest BCUT2D eigenvalue weighted by atomic mass is 16.4. The van der Waals surface area contributed by atoms with E-state index in [0.29, 0.717) is 21.5 Å². The van der Waals surface area contributed by atoms with Crippen LogP contribution in [0.25, 0.3) is 43.1 Å². The van der Waals surface area contributed by atoms with Crippen LogP contribution in [0.3, 0.4) is 0 Å². The summed E-state index contributed by atoms with van der Waals surface area (Å²) in [4.78, 5) is 50.3. The van der Waals surface area contributed by atoms with Crippen LogP contribution in [-0.2, 0) is 30.0 Å². The lowest BCUT2D eigenvalue weighted by Gasteiger charge is -2.32. The second-order valence-corrected chi connectivity index (χ2v) is 10.9. The maximum atomic E-state index is 12.6. The Kier molecular flexibility index (Phi) is 5.98. The molecular weight excluding hydrogens is 512 g/mol. The Bertz CT molecular complexity index is 1700. The van der Waals surface area contributed by atoms with Crippen LogP contribution in [0.1, 0.15) is 38.8 Å². The molecule has 0 spiro atoms. The van der Waals surface area contributed by atoms with E-state index in [-0.39, 0.29) is 11.1 Å². The number of hydrogen-bond acceptors (Lipinski definition) is 4. The number of aliphatic carboxylic acids is 4. The predicted molar refractivity (Wildman–Crippen MR) is 151 cm³/mol.